The fraction of sp³-hybridized carbons (Fsp3) is 0.300. The van der Waals surface area contributed by atoms with Crippen LogP contribution in [0.5, 0.6) is 0 Å². The highest BCUT2D eigenvalue weighted by Crippen LogP contribution is 2.15. The Kier molecular flexibility index (Phi) is 2.53. The Morgan fingerprint density at radius 3 is 2.79 bits per heavy atom. The fourth-order valence-corrected chi connectivity index (χ4v) is 1.37. The molecule has 4 heteroatoms. The summed E-state index contributed by atoms with van der Waals surface area (Å²) in [5, 5.41) is 11.2. The van der Waals surface area contributed by atoms with Crippen molar-refractivity contribution >= 4 is 0 Å². The Hall–Kier alpha value is -1.71. The van der Waals surface area contributed by atoms with Gasteiger partial charge in [0.25, 0.3) is 0 Å². The van der Waals surface area contributed by atoms with E-state index in [-0.39, 0.29) is 0 Å². The molecule has 1 radical (unpaired) electrons. The van der Waals surface area contributed by atoms with Crippen LogP contribution in [0.15, 0.2) is 30.3 Å². The first-order chi connectivity index (χ1) is 6.86. The molecule has 0 spiro atoms. The van der Waals surface area contributed by atoms with E-state index < -0.39 is 0 Å². The zero-order chi connectivity index (χ0) is 9.80. The second kappa shape index (κ2) is 4.00. The molecule has 1 atom stereocenters. The van der Waals surface area contributed by atoms with Gasteiger partial charge in [0.15, 0.2) is 0 Å². The molecule has 0 aliphatic carbocycles. The van der Waals surface area contributed by atoms with Gasteiger partial charge in [0.2, 0.25) is 6.33 Å². The number of tetrazole rings is 1. The van der Waals surface area contributed by atoms with Crippen molar-refractivity contribution in [2.75, 3.05) is 0 Å². The molecule has 0 N–H and O–H groups in total. The third kappa shape index (κ3) is 1.96. The van der Waals surface area contributed by atoms with E-state index >= 15 is 0 Å². The standard InChI is InChI=1S/C10H11N4/c1-9(7-14-12-8-11-13-14)10-5-3-2-4-6-10/h2-6,9H,7H2,1H3. The van der Waals surface area contributed by atoms with Gasteiger partial charge in [0.1, 0.15) is 0 Å². The number of rotatable bonds is 3. The van der Waals surface area contributed by atoms with Crippen molar-refractivity contribution in [3.05, 3.63) is 42.2 Å². The van der Waals surface area contributed by atoms with Crippen molar-refractivity contribution in [3.63, 3.8) is 0 Å². The molecule has 0 aliphatic heterocycles. The van der Waals surface area contributed by atoms with Crippen LogP contribution in [0.3, 0.4) is 0 Å². The molecule has 0 aliphatic rings. The van der Waals surface area contributed by atoms with Crippen LogP contribution in [0.25, 0.3) is 0 Å². The average molecular weight is 187 g/mol. The average Bonchev–Trinajstić information content (AvgIpc) is 2.72. The second-order valence-corrected chi connectivity index (χ2v) is 3.26. The smallest absolute Gasteiger partial charge is 0.163 e. The van der Waals surface area contributed by atoms with E-state index in [9.17, 15) is 0 Å². The summed E-state index contributed by atoms with van der Waals surface area (Å²) >= 11 is 0. The zero-order valence-corrected chi connectivity index (χ0v) is 7.96. The highest BCUT2D eigenvalue weighted by atomic mass is 15.6. The minimum absolute atomic E-state index is 0.388. The first-order valence-corrected chi connectivity index (χ1v) is 4.55. The summed E-state index contributed by atoms with van der Waals surface area (Å²) in [6.45, 7) is 2.87. The van der Waals surface area contributed by atoms with Gasteiger partial charge in [0, 0.05) is 5.92 Å². The molecule has 0 saturated carbocycles. The highest BCUT2D eigenvalue weighted by Gasteiger charge is 2.06. The molecule has 1 heterocycles. The molecule has 0 fully saturated rings. The van der Waals surface area contributed by atoms with Crippen LogP contribution in [0.2, 0.25) is 0 Å². The lowest BCUT2D eigenvalue weighted by atomic mass is 10.0. The van der Waals surface area contributed by atoms with E-state index in [1.54, 1.807) is 4.80 Å². The van der Waals surface area contributed by atoms with Crippen LogP contribution >= 0.6 is 0 Å². The van der Waals surface area contributed by atoms with E-state index in [2.05, 4.69) is 40.8 Å². The lowest BCUT2D eigenvalue weighted by molar-refractivity contribution is 0.474. The molecule has 2 rings (SSSR count). The van der Waals surface area contributed by atoms with Crippen molar-refractivity contribution in [3.8, 4) is 0 Å². The number of aromatic nitrogens is 4. The summed E-state index contributed by atoms with van der Waals surface area (Å²) in [4.78, 5) is 1.55. The van der Waals surface area contributed by atoms with E-state index in [4.69, 9.17) is 0 Å². The highest BCUT2D eigenvalue weighted by molar-refractivity contribution is 5.18. The number of hydrogen-bond donors (Lipinski definition) is 0. The van der Waals surface area contributed by atoms with Gasteiger partial charge < -0.3 is 0 Å². The molecule has 4 nitrogen and oxygen atoms in total. The Labute approximate surface area is 82.6 Å². The Morgan fingerprint density at radius 2 is 2.14 bits per heavy atom. The third-order valence-electron chi connectivity index (χ3n) is 2.16. The van der Waals surface area contributed by atoms with Crippen molar-refractivity contribution in [2.24, 2.45) is 0 Å². The van der Waals surface area contributed by atoms with E-state index in [1.807, 2.05) is 18.2 Å². The molecular formula is C10H11N4. The van der Waals surface area contributed by atoms with Crippen LogP contribution in [0.4, 0.5) is 0 Å². The quantitative estimate of drug-likeness (QED) is 0.727. The fourth-order valence-electron chi connectivity index (χ4n) is 1.37. The van der Waals surface area contributed by atoms with Crippen molar-refractivity contribution in [2.45, 2.75) is 19.4 Å². The first-order valence-electron chi connectivity index (χ1n) is 4.55. The normalized spacial score (nSPS) is 12.6. The molecule has 1 aromatic carbocycles. The Morgan fingerprint density at radius 1 is 1.36 bits per heavy atom. The molecule has 1 unspecified atom stereocenters. The largest absolute Gasteiger partial charge is 0.245 e. The van der Waals surface area contributed by atoms with Crippen LogP contribution < -0.4 is 0 Å². The van der Waals surface area contributed by atoms with Gasteiger partial charge in [-0.2, -0.15) is 4.80 Å². The van der Waals surface area contributed by atoms with E-state index in [1.165, 1.54) is 5.56 Å². The predicted molar refractivity (Wildman–Crippen MR) is 51.5 cm³/mol. The number of benzene rings is 1. The Bertz CT molecular complexity index is 368. The molecule has 1 aromatic heterocycles. The predicted octanol–water partition coefficient (Wildman–Crippen LogP) is 1.28. The van der Waals surface area contributed by atoms with Gasteiger partial charge in [-0.3, -0.25) is 0 Å². The van der Waals surface area contributed by atoms with Crippen molar-refractivity contribution in [1.29, 1.82) is 0 Å². The molecule has 71 valence electrons. The maximum absolute atomic E-state index is 3.85. The summed E-state index contributed by atoms with van der Waals surface area (Å²) in [5.41, 5.74) is 1.28. The van der Waals surface area contributed by atoms with Gasteiger partial charge in [0.05, 0.1) is 6.54 Å². The summed E-state index contributed by atoms with van der Waals surface area (Å²) in [6, 6.07) is 10.3. The van der Waals surface area contributed by atoms with E-state index in [0.717, 1.165) is 6.54 Å². The molecule has 0 amide bonds. The summed E-state index contributed by atoms with van der Waals surface area (Å²) < 4.78 is 0. The molecular weight excluding hydrogens is 176 g/mol. The third-order valence-corrected chi connectivity index (χ3v) is 2.16. The maximum Gasteiger partial charge on any atom is 0.245 e. The van der Waals surface area contributed by atoms with Gasteiger partial charge >= 0.3 is 0 Å². The van der Waals surface area contributed by atoms with E-state index in [0.29, 0.717) is 5.92 Å². The maximum atomic E-state index is 3.85. The van der Waals surface area contributed by atoms with Gasteiger partial charge in [-0.05, 0) is 10.8 Å². The molecule has 0 saturated heterocycles. The number of nitrogens with zero attached hydrogens (tertiary/aromatic N) is 4. The van der Waals surface area contributed by atoms with Crippen LogP contribution in [0, 0.1) is 6.33 Å². The van der Waals surface area contributed by atoms with Gasteiger partial charge in [-0.25, -0.2) is 0 Å². The molecule has 0 bridgehead atoms. The SMILES string of the molecule is CC(Cn1n[c]nn1)c1ccccc1. The van der Waals surface area contributed by atoms with Crippen LogP contribution in [-0.2, 0) is 6.54 Å². The molecule has 2 aromatic rings. The lowest BCUT2D eigenvalue weighted by Gasteiger charge is -2.09. The first kappa shape index (κ1) is 8.87. The summed E-state index contributed by atoms with van der Waals surface area (Å²) in [7, 11) is 0. The van der Waals surface area contributed by atoms with Gasteiger partial charge in [-0.1, -0.05) is 37.3 Å². The zero-order valence-electron chi connectivity index (χ0n) is 7.96. The number of hydrogen-bond acceptors (Lipinski definition) is 3. The van der Waals surface area contributed by atoms with Gasteiger partial charge in [-0.15, -0.1) is 10.2 Å². The molecule has 14 heavy (non-hydrogen) atoms. The van der Waals surface area contributed by atoms with Crippen LogP contribution in [-0.4, -0.2) is 20.2 Å². The van der Waals surface area contributed by atoms with Crippen molar-refractivity contribution in [1.82, 2.24) is 20.2 Å². The Balaban J connectivity index is 2.07. The van der Waals surface area contributed by atoms with Crippen molar-refractivity contribution < 1.29 is 0 Å². The summed E-state index contributed by atoms with van der Waals surface area (Å²) in [6.07, 6.45) is 2.44. The monoisotopic (exact) mass is 187 g/mol. The topological polar surface area (TPSA) is 43.6 Å². The minimum atomic E-state index is 0.388. The lowest BCUT2D eigenvalue weighted by Crippen LogP contribution is -2.09. The minimum Gasteiger partial charge on any atom is -0.163 e. The second-order valence-electron chi connectivity index (χ2n) is 3.26. The van der Waals surface area contributed by atoms with Crippen LogP contribution in [0.1, 0.15) is 18.4 Å². The summed E-state index contributed by atoms with van der Waals surface area (Å²) in [5.74, 6) is 0.388.